The van der Waals surface area contributed by atoms with Crippen molar-refractivity contribution in [3.8, 4) is 0 Å². The van der Waals surface area contributed by atoms with Crippen molar-refractivity contribution in [1.29, 1.82) is 0 Å². The molecule has 4 fully saturated rings. The van der Waals surface area contributed by atoms with Crippen LogP contribution in [0.2, 0.25) is 0 Å². The summed E-state index contributed by atoms with van der Waals surface area (Å²) in [5.74, 6) is 2.33. The molecule has 20 nitrogen and oxygen atoms in total. The van der Waals surface area contributed by atoms with Gasteiger partial charge in [0.05, 0.1) is 74.9 Å². The second-order valence-corrected chi connectivity index (χ2v) is 20.9. The topological polar surface area (TPSA) is 352 Å². The SMILES string of the molecule is CC(O)CCCO.CC1CCCO1.CCCC(O)CO.CCCCCO.CCCCO.Cc1ccco1.O=C1C=CC(O)C1.O=C1C=CCC1.O=C1CCCC1.OC1CCCC1.OCC1CCCO1.OCCCCCO.OCc1ccco1.c1ccoc1. The van der Waals surface area contributed by atoms with E-state index in [1.54, 1.807) is 43.9 Å². The summed E-state index contributed by atoms with van der Waals surface area (Å²) in [5.41, 5.74) is 0. The van der Waals surface area contributed by atoms with E-state index in [4.69, 9.17) is 79.6 Å². The fraction of sp³-hybridized carbons (Fsp3) is 0.721. The van der Waals surface area contributed by atoms with Crippen molar-refractivity contribution in [2.24, 2.45) is 0 Å². The van der Waals surface area contributed by atoms with Crippen LogP contribution >= 0.6 is 0 Å². The van der Waals surface area contributed by atoms with Crippen molar-refractivity contribution >= 4 is 17.3 Å². The molecule has 5 atom stereocenters. The van der Waals surface area contributed by atoms with Gasteiger partial charge in [0.1, 0.15) is 23.9 Å². The van der Waals surface area contributed by atoms with Crippen LogP contribution in [0.1, 0.15) is 220 Å². The van der Waals surface area contributed by atoms with Crippen molar-refractivity contribution in [2.75, 3.05) is 59.5 Å². The Balaban J connectivity index is -0.000000281. The molecule has 0 aromatic carbocycles. The van der Waals surface area contributed by atoms with Gasteiger partial charge in [-0.2, -0.15) is 0 Å². The molecule has 2 saturated carbocycles. The molecule has 0 amide bonds. The maximum Gasteiger partial charge on any atom is 0.158 e. The van der Waals surface area contributed by atoms with E-state index in [0.717, 1.165) is 135 Å². The van der Waals surface area contributed by atoms with Crippen LogP contribution < -0.4 is 0 Å². The van der Waals surface area contributed by atoms with Crippen LogP contribution in [0.4, 0.5) is 0 Å². The van der Waals surface area contributed by atoms with Gasteiger partial charge in [-0.25, -0.2) is 0 Å². The van der Waals surface area contributed by atoms with Crippen molar-refractivity contribution in [2.45, 2.75) is 258 Å². The molecule has 2 aliphatic heterocycles. The summed E-state index contributed by atoms with van der Waals surface area (Å²) >= 11 is 0. The Morgan fingerprint density at radius 3 is 1.32 bits per heavy atom. The largest absolute Gasteiger partial charge is 0.473 e. The van der Waals surface area contributed by atoms with E-state index in [9.17, 15) is 14.4 Å². The summed E-state index contributed by atoms with van der Waals surface area (Å²) in [7, 11) is 0. The van der Waals surface area contributed by atoms with Gasteiger partial charge in [0.25, 0.3) is 0 Å². The van der Waals surface area contributed by atoms with E-state index < -0.39 is 12.2 Å². The van der Waals surface area contributed by atoms with E-state index in [1.165, 1.54) is 50.5 Å². The average molecular weight is 1260 g/mol. The molecule has 9 rings (SSSR count). The second kappa shape index (κ2) is 77.0. The molecule has 4 aliphatic carbocycles. The number of ether oxygens (including phenoxy) is 2. The zero-order valence-corrected chi connectivity index (χ0v) is 54.8. The quantitative estimate of drug-likeness (QED) is 0.0559. The first-order chi connectivity index (χ1) is 42.4. The van der Waals surface area contributed by atoms with Gasteiger partial charge in [-0.05, 0) is 178 Å². The van der Waals surface area contributed by atoms with Crippen molar-refractivity contribution in [3.05, 3.63) is 97.3 Å². The number of aliphatic hydroxyl groups is 12. The highest BCUT2D eigenvalue weighted by molar-refractivity contribution is 5.92. The average Bonchev–Trinajstić information content (AvgIpc) is 4.37. The summed E-state index contributed by atoms with van der Waals surface area (Å²) in [5, 5.41) is 100. The van der Waals surface area contributed by atoms with Crippen LogP contribution in [-0.2, 0) is 30.5 Å². The van der Waals surface area contributed by atoms with E-state index in [-0.39, 0.29) is 75.9 Å². The molecule has 3 aromatic rings. The van der Waals surface area contributed by atoms with Gasteiger partial charge in [0.15, 0.2) is 11.6 Å². The number of furan rings is 3. The molecule has 0 radical (unpaired) electrons. The van der Waals surface area contributed by atoms with Gasteiger partial charge >= 0.3 is 0 Å². The van der Waals surface area contributed by atoms with Crippen LogP contribution in [0, 0.1) is 6.92 Å². The molecule has 2 saturated heterocycles. The Morgan fingerprint density at radius 1 is 0.568 bits per heavy atom. The zero-order chi connectivity index (χ0) is 66.9. The summed E-state index contributed by atoms with van der Waals surface area (Å²) in [6.45, 7) is 15.2. The summed E-state index contributed by atoms with van der Waals surface area (Å²) in [6, 6.07) is 10.9. The summed E-state index contributed by atoms with van der Waals surface area (Å²) in [6.07, 6.45) is 38.6. The predicted molar refractivity (Wildman–Crippen MR) is 346 cm³/mol. The number of ketones is 3. The number of hydrogen-bond donors (Lipinski definition) is 12. The van der Waals surface area contributed by atoms with Crippen molar-refractivity contribution < 1.29 is 98.4 Å². The molecule has 5 heterocycles. The highest BCUT2D eigenvalue weighted by Crippen LogP contribution is 2.16. The van der Waals surface area contributed by atoms with E-state index >= 15 is 0 Å². The van der Waals surface area contributed by atoms with E-state index in [2.05, 4.69) is 25.2 Å². The Kier molecular flexibility index (Phi) is 80.9. The number of carbonyl (C=O) groups excluding carboxylic acids is 3. The van der Waals surface area contributed by atoms with Crippen LogP contribution in [0.3, 0.4) is 0 Å². The second-order valence-electron chi connectivity index (χ2n) is 20.9. The Hall–Kier alpha value is -4.23. The fourth-order valence-corrected chi connectivity index (χ4v) is 7.01. The maximum atomic E-state index is 10.2. The summed E-state index contributed by atoms with van der Waals surface area (Å²) in [4.78, 5) is 30.6. The van der Waals surface area contributed by atoms with Crippen molar-refractivity contribution in [1.82, 2.24) is 0 Å². The van der Waals surface area contributed by atoms with E-state index in [1.807, 2.05) is 44.2 Å². The third-order valence-corrected chi connectivity index (χ3v) is 12.2. The molecule has 20 heteroatoms. The standard InChI is InChI=1S/C5H6O2.C5H10O2.C5H6O2.3C5H12O2.C5H10O.C5H6O.C5H10O.C5H8O.C5H6O.C5H12O.C4H4O.C4H10O/c6-4-1-2-5(7)3-4;2*6-4-5-2-1-3-7-5;1-5(7)3-2-4-6;1-2-3-5(7)4-6;6-4-2-1-3-5-7;2*1-5-3-2-4-6-5;3*6-5-3-1-2-4-5;1-2-3-4-5-6;1-2-4-5-3-1;1-2-3-4-5/h1-2,4,6H,3H2;5-6H,1-4H2;1-3,6H,4H2;2*5-7H,2-4H2,1H3;6-7H,1-5H2;5H,2-4H2,1H3;2-4H,1H3;5-6H,1-4H2;1-4H2;1,3H,2,4H2;6H,2-5H2,1H3;1-4H;5H,2-4H2,1H3. The lowest BCUT2D eigenvalue weighted by Crippen LogP contribution is -2.10. The maximum absolute atomic E-state index is 10.2. The minimum Gasteiger partial charge on any atom is -0.473 e. The summed E-state index contributed by atoms with van der Waals surface area (Å²) < 4.78 is 24.4. The number of unbranched alkanes of at least 4 members (excludes halogenated alkanes) is 5. The molecule has 3 aromatic heterocycles. The highest BCUT2D eigenvalue weighted by atomic mass is 16.5. The lowest BCUT2D eigenvalue weighted by molar-refractivity contribution is -0.117. The number of carbonyl (C=O) groups is 3. The van der Waals surface area contributed by atoms with Crippen LogP contribution in [-0.4, -0.2) is 175 Å². The van der Waals surface area contributed by atoms with Gasteiger partial charge in [-0.1, -0.05) is 71.4 Å². The first-order valence-electron chi connectivity index (χ1n) is 32.2. The molecule has 0 spiro atoms. The minimum atomic E-state index is -0.507. The van der Waals surface area contributed by atoms with Gasteiger partial charge in [-0.15, -0.1) is 0 Å². The monoisotopic (exact) mass is 1260 g/mol. The van der Waals surface area contributed by atoms with Crippen LogP contribution in [0.25, 0.3) is 0 Å². The first-order valence-corrected chi connectivity index (χ1v) is 32.2. The smallest absolute Gasteiger partial charge is 0.158 e. The first kappa shape index (κ1) is 92.5. The molecule has 5 unspecified atom stereocenters. The minimum absolute atomic E-state index is 0.00694. The van der Waals surface area contributed by atoms with E-state index in [0.29, 0.717) is 50.1 Å². The third kappa shape index (κ3) is 81.8. The van der Waals surface area contributed by atoms with Crippen LogP contribution in [0.15, 0.2) is 99.0 Å². The Labute approximate surface area is 528 Å². The molecule has 516 valence electrons. The van der Waals surface area contributed by atoms with Crippen molar-refractivity contribution in [3.63, 3.8) is 0 Å². The van der Waals surface area contributed by atoms with Gasteiger partial charge in [0.2, 0.25) is 0 Å². The Morgan fingerprint density at radius 2 is 1.14 bits per heavy atom. The number of hydrogen-bond acceptors (Lipinski definition) is 20. The highest BCUT2D eigenvalue weighted by Gasteiger charge is 2.13. The lowest BCUT2D eigenvalue weighted by atomic mass is 10.2. The van der Waals surface area contributed by atoms with Gasteiger partial charge in [0, 0.05) is 71.9 Å². The molecular weight excluding hydrogens is 1140 g/mol. The normalized spacial score (nSPS) is 17.7. The number of allylic oxidation sites excluding steroid dienone is 3. The lowest BCUT2D eigenvalue weighted by Gasteiger charge is -2.01. The fourth-order valence-electron chi connectivity index (χ4n) is 7.01. The zero-order valence-electron chi connectivity index (χ0n) is 54.8. The Bertz CT molecular complexity index is 1740. The van der Waals surface area contributed by atoms with Gasteiger partial charge in [-0.3, -0.25) is 14.4 Å². The molecule has 12 N–H and O–H groups in total. The predicted octanol–water partition coefficient (Wildman–Crippen LogP) is 10.2. The third-order valence-electron chi connectivity index (χ3n) is 12.2. The van der Waals surface area contributed by atoms with Crippen LogP contribution in [0.5, 0.6) is 0 Å². The number of Topliss-reactive ketones (excluding diaryl/α,β-unsaturated/α-hetero) is 1. The van der Waals surface area contributed by atoms with Gasteiger partial charge < -0.3 is 84.0 Å². The number of rotatable bonds is 17. The molecule has 0 bridgehead atoms. The number of aryl methyl sites for hydroxylation is 1. The molecular formula is C68H124O20. The number of aliphatic hydroxyl groups excluding tert-OH is 12. The molecule has 6 aliphatic rings. The molecule has 88 heavy (non-hydrogen) atoms.